The summed E-state index contributed by atoms with van der Waals surface area (Å²) in [6.07, 6.45) is 4.40. The van der Waals surface area contributed by atoms with E-state index >= 15 is 0 Å². The van der Waals surface area contributed by atoms with Crippen molar-refractivity contribution in [3.05, 3.63) is 42.0 Å². The molecule has 1 aliphatic heterocycles. The van der Waals surface area contributed by atoms with Crippen LogP contribution in [0.15, 0.2) is 36.4 Å². The van der Waals surface area contributed by atoms with Gasteiger partial charge in [-0.1, -0.05) is 42.5 Å². The van der Waals surface area contributed by atoms with E-state index in [-0.39, 0.29) is 12.4 Å². The highest BCUT2D eigenvalue weighted by Crippen LogP contribution is 2.02. The molecule has 1 aromatic carbocycles. The van der Waals surface area contributed by atoms with Crippen LogP contribution in [-0.4, -0.2) is 37.7 Å². The third-order valence-corrected chi connectivity index (χ3v) is 2.58. The van der Waals surface area contributed by atoms with E-state index in [1.54, 1.807) is 0 Å². The zero-order chi connectivity index (χ0) is 10.3. The van der Waals surface area contributed by atoms with Gasteiger partial charge >= 0.3 is 0 Å². The van der Waals surface area contributed by atoms with Crippen molar-refractivity contribution in [3.63, 3.8) is 0 Å². The van der Waals surface area contributed by atoms with Gasteiger partial charge in [0.05, 0.1) is 13.2 Å². The third-order valence-electron chi connectivity index (χ3n) is 2.58. The molecule has 1 heterocycles. The second-order valence-corrected chi connectivity index (χ2v) is 3.73. The van der Waals surface area contributed by atoms with Crippen molar-refractivity contribution in [2.45, 2.75) is 0 Å². The Morgan fingerprint density at radius 2 is 1.81 bits per heavy atom. The van der Waals surface area contributed by atoms with Gasteiger partial charge in [0.2, 0.25) is 0 Å². The van der Waals surface area contributed by atoms with Gasteiger partial charge < -0.3 is 4.74 Å². The lowest BCUT2D eigenvalue weighted by atomic mass is 10.2. The van der Waals surface area contributed by atoms with Crippen LogP contribution in [0, 0.1) is 0 Å². The first-order chi connectivity index (χ1) is 7.45. The monoisotopic (exact) mass is 239 g/mol. The van der Waals surface area contributed by atoms with Gasteiger partial charge in [-0.2, -0.15) is 0 Å². The summed E-state index contributed by atoms with van der Waals surface area (Å²) in [5.74, 6) is 0. The predicted molar refractivity (Wildman–Crippen MR) is 70.0 cm³/mol. The Balaban J connectivity index is 0.00000128. The number of ether oxygens (including phenoxy) is 1. The number of benzene rings is 1. The predicted octanol–water partition coefficient (Wildman–Crippen LogP) is 2.45. The molecule has 1 fully saturated rings. The van der Waals surface area contributed by atoms with E-state index in [9.17, 15) is 0 Å². The standard InChI is InChI=1S/C13H17NO.ClH/c1-2-5-13(6-3-1)7-4-8-14-9-11-15-12-10-14;/h1-7H,8-12H2;1H/b7-4+;. The van der Waals surface area contributed by atoms with Crippen LogP contribution in [0.2, 0.25) is 0 Å². The zero-order valence-electron chi connectivity index (χ0n) is 9.34. The van der Waals surface area contributed by atoms with Crippen molar-refractivity contribution in [2.24, 2.45) is 0 Å². The van der Waals surface area contributed by atoms with Crippen molar-refractivity contribution >= 4 is 18.5 Å². The van der Waals surface area contributed by atoms with E-state index in [1.807, 2.05) is 6.07 Å². The molecule has 0 aliphatic carbocycles. The van der Waals surface area contributed by atoms with Gasteiger partial charge in [0.1, 0.15) is 0 Å². The second-order valence-electron chi connectivity index (χ2n) is 3.73. The van der Waals surface area contributed by atoms with Crippen molar-refractivity contribution in [1.29, 1.82) is 0 Å². The fourth-order valence-corrected chi connectivity index (χ4v) is 1.69. The van der Waals surface area contributed by atoms with Crippen molar-refractivity contribution in [2.75, 3.05) is 32.8 Å². The number of hydrogen-bond acceptors (Lipinski definition) is 2. The quantitative estimate of drug-likeness (QED) is 0.804. The van der Waals surface area contributed by atoms with Gasteiger partial charge in [0, 0.05) is 19.6 Å². The van der Waals surface area contributed by atoms with E-state index in [0.717, 1.165) is 32.8 Å². The molecule has 1 aliphatic rings. The topological polar surface area (TPSA) is 12.5 Å². The van der Waals surface area contributed by atoms with Crippen LogP contribution in [0.4, 0.5) is 0 Å². The van der Waals surface area contributed by atoms with E-state index < -0.39 is 0 Å². The van der Waals surface area contributed by atoms with Gasteiger partial charge in [0.15, 0.2) is 0 Å². The first-order valence-electron chi connectivity index (χ1n) is 5.47. The van der Waals surface area contributed by atoms with Gasteiger partial charge in [0.25, 0.3) is 0 Å². The lowest BCUT2D eigenvalue weighted by Gasteiger charge is -2.25. The molecule has 0 bridgehead atoms. The lowest BCUT2D eigenvalue weighted by molar-refractivity contribution is 0.0435. The maximum Gasteiger partial charge on any atom is 0.0594 e. The highest BCUT2D eigenvalue weighted by molar-refractivity contribution is 5.85. The lowest BCUT2D eigenvalue weighted by Crippen LogP contribution is -2.36. The second kappa shape index (κ2) is 7.44. The minimum absolute atomic E-state index is 0. The molecule has 3 heteroatoms. The van der Waals surface area contributed by atoms with Gasteiger partial charge in [-0.05, 0) is 5.56 Å². The molecule has 1 saturated heterocycles. The van der Waals surface area contributed by atoms with Crippen LogP contribution in [-0.2, 0) is 4.74 Å². The van der Waals surface area contributed by atoms with Gasteiger partial charge in [-0.3, -0.25) is 4.90 Å². The van der Waals surface area contributed by atoms with E-state index in [1.165, 1.54) is 5.56 Å². The van der Waals surface area contributed by atoms with E-state index in [0.29, 0.717) is 0 Å². The minimum Gasteiger partial charge on any atom is -0.379 e. The number of hydrogen-bond donors (Lipinski definition) is 0. The molecule has 0 amide bonds. The number of nitrogens with zero attached hydrogens (tertiary/aromatic N) is 1. The first kappa shape index (κ1) is 13.2. The SMILES string of the molecule is C(=C\c1ccccc1)/CN1CCOCC1.Cl. The zero-order valence-corrected chi connectivity index (χ0v) is 10.2. The summed E-state index contributed by atoms with van der Waals surface area (Å²) in [7, 11) is 0. The van der Waals surface area contributed by atoms with Crippen LogP contribution in [0.3, 0.4) is 0 Å². The van der Waals surface area contributed by atoms with Crippen LogP contribution >= 0.6 is 12.4 Å². The fourth-order valence-electron chi connectivity index (χ4n) is 1.69. The van der Waals surface area contributed by atoms with E-state index in [4.69, 9.17) is 4.74 Å². The molecular formula is C13H18ClNO. The molecule has 16 heavy (non-hydrogen) atoms. The maximum absolute atomic E-state index is 5.30. The molecular weight excluding hydrogens is 222 g/mol. The number of morpholine rings is 1. The molecule has 88 valence electrons. The molecule has 2 rings (SSSR count). The van der Waals surface area contributed by atoms with Crippen LogP contribution in [0.1, 0.15) is 5.56 Å². The van der Waals surface area contributed by atoms with Crippen molar-refractivity contribution in [3.8, 4) is 0 Å². The van der Waals surface area contributed by atoms with Gasteiger partial charge in [-0.15, -0.1) is 12.4 Å². The Kier molecular flexibility index (Phi) is 6.16. The Morgan fingerprint density at radius 3 is 2.50 bits per heavy atom. The highest BCUT2D eigenvalue weighted by atomic mass is 35.5. The minimum atomic E-state index is 0. The normalized spacial score (nSPS) is 17.2. The summed E-state index contributed by atoms with van der Waals surface area (Å²) in [5, 5.41) is 0. The smallest absolute Gasteiger partial charge is 0.0594 e. The fraction of sp³-hybridized carbons (Fsp3) is 0.385. The average molecular weight is 240 g/mol. The molecule has 0 N–H and O–H groups in total. The summed E-state index contributed by atoms with van der Waals surface area (Å²) < 4.78 is 5.30. The Labute approximate surface area is 103 Å². The molecule has 2 nitrogen and oxygen atoms in total. The Morgan fingerprint density at radius 1 is 1.12 bits per heavy atom. The largest absolute Gasteiger partial charge is 0.379 e. The summed E-state index contributed by atoms with van der Waals surface area (Å²) in [6, 6.07) is 10.4. The maximum atomic E-state index is 5.30. The Hall–Kier alpha value is -0.830. The first-order valence-corrected chi connectivity index (χ1v) is 5.47. The summed E-state index contributed by atoms with van der Waals surface area (Å²) >= 11 is 0. The molecule has 0 saturated carbocycles. The summed E-state index contributed by atoms with van der Waals surface area (Å²) in [4.78, 5) is 2.41. The van der Waals surface area contributed by atoms with E-state index in [2.05, 4.69) is 41.3 Å². The summed E-state index contributed by atoms with van der Waals surface area (Å²) in [5.41, 5.74) is 1.27. The Bertz CT molecular complexity index is 307. The molecule has 1 aromatic rings. The highest BCUT2D eigenvalue weighted by Gasteiger charge is 2.07. The molecule has 0 aromatic heterocycles. The molecule has 0 atom stereocenters. The van der Waals surface area contributed by atoms with Crippen molar-refractivity contribution < 1.29 is 4.74 Å². The van der Waals surface area contributed by atoms with Crippen LogP contribution in [0.25, 0.3) is 6.08 Å². The van der Waals surface area contributed by atoms with Crippen molar-refractivity contribution in [1.82, 2.24) is 4.90 Å². The molecule has 0 radical (unpaired) electrons. The van der Waals surface area contributed by atoms with Gasteiger partial charge in [-0.25, -0.2) is 0 Å². The number of rotatable bonds is 3. The third kappa shape index (κ3) is 4.35. The summed E-state index contributed by atoms with van der Waals surface area (Å²) in [6.45, 7) is 4.88. The number of halogens is 1. The van der Waals surface area contributed by atoms with Crippen LogP contribution in [0.5, 0.6) is 0 Å². The molecule has 0 unspecified atom stereocenters. The van der Waals surface area contributed by atoms with Crippen LogP contribution < -0.4 is 0 Å². The molecule has 0 spiro atoms. The average Bonchev–Trinajstić information content (AvgIpc) is 2.32.